The number of nitrogens with zero attached hydrogens (tertiary/aromatic N) is 4. The number of likely N-dealkylation sites (N-methyl/N-ethyl adjacent to an activating group) is 1. The highest BCUT2D eigenvalue weighted by Crippen LogP contribution is 2.24. The minimum Gasteiger partial charge on any atom is -0.324 e. The molecule has 0 bridgehead atoms. The van der Waals surface area contributed by atoms with Gasteiger partial charge in [-0.15, -0.1) is 11.8 Å². The van der Waals surface area contributed by atoms with Crippen molar-refractivity contribution in [3.63, 3.8) is 0 Å². The maximum Gasteiger partial charge on any atom is 0.330 e. The summed E-state index contributed by atoms with van der Waals surface area (Å²) in [6, 6.07) is 7.66. The lowest BCUT2D eigenvalue weighted by atomic mass is 10.3. The van der Waals surface area contributed by atoms with Crippen molar-refractivity contribution in [1.29, 1.82) is 0 Å². The van der Waals surface area contributed by atoms with Gasteiger partial charge >= 0.3 is 5.69 Å². The van der Waals surface area contributed by atoms with E-state index in [1.165, 1.54) is 4.57 Å². The normalized spacial score (nSPS) is 11.4. The molecule has 0 saturated carbocycles. The minimum absolute atomic E-state index is 0.133. The van der Waals surface area contributed by atoms with Crippen molar-refractivity contribution in [2.24, 2.45) is 0 Å². The number of H-pyrrole nitrogens is 1. The Balaban J connectivity index is 1.83. The van der Waals surface area contributed by atoms with E-state index in [1.807, 2.05) is 60.9 Å². The Hall–Kier alpha value is -2.85. The van der Waals surface area contributed by atoms with Gasteiger partial charge in [-0.3, -0.25) is 24.0 Å². The van der Waals surface area contributed by atoms with Gasteiger partial charge in [0, 0.05) is 18.0 Å². The Kier molecular flexibility index (Phi) is 7.92. The highest BCUT2D eigenvalue weighted by atomic mass is 32.2. The van der Waals surface area contributed by atoms with Crippen LogP contribution >= 0.6 is 11.8 Å². The number of unbranched alkanes of at least 4 members (excludes halogenated alkanes) is 1. The average molecular weight is 459 g/mol. The van der Waals surface area contributed by atoms with Gasteiger partial charge in [0.2, 0.25) is 5.91 Å². The van der Waals surface area contributed by atoms with Gasteiger partial charge in [0.05, 0.1) is 18.8 Å². The number of aromatic nitrogens is 4. The number of thioether (sulfide) groups is 1. The molecule has 3 rings (SSSR count). The lowest BCUT2D eigenvalue weighted by molar-refractivity contribution is -0.117. The summed E-state index contributed by atoms with van der Waals surface area (Å²) in [6.45, 7) is 5.52. The van der Waals surface area contributed by atoms with Crippen molar-refractivity contribution in [3.05, 3.63) is 50.9 Å². The summed E-state index contributed by atoms with van der Waals surface area (Å²) in [5, 5.41) is 2.95. The third-order valence-electron chi connectivity index (χ3n) is 5.22. The Bertz CT molecular complexity index is 1210. The van der Waals surface area contributed by atoms with Gasteiger partial charge in [-0.05, 0) is 38.8 Å². The van der Waals surface area contributed by atoms with Crippen molar-refractivity contribution in [3.8, 4) is 0 Å². The molecule has 0 unspecified atom stereocenters. The predicted molar refractivity (Wildman–Crippen MR) is 128 cm³/mol. The SMILES string of the molecule is CCCCn1c(=O)[nH]c(=O)c2c1nc(CN(C)CC(=O)Nc1ccccc1SC)n2CC. The highest BCUT2D eigenvalue weighted by molar-refractivity contribution is 7.98. The van der Waals surface area contributed by atoms with Crippen LogP contribution < -0.4 is 16.6 Å². The number of benzene rings is 1. The zero-order valence-corrected chi connectivity index (χ0v) is 19.8. The zero-order valence-electron chi connectivity index (χ0n) is 19.0. The van der Waals surface area contributed by atoms with E-state index in [-0.39, 0.29) is 12.5 Å². The van der Waals surface area contributed by atoms with Gasteiger partial charge in [-0.25, -0.2) is 9.78 Å². The van der Waals surface area contributed by atoms with E-state index in [4.69, 9.17) is 0 Å². The molecule has 1 amide bonds. The molecular weight excluding hydrogens is 428 g/mol. The first kappa shape index (κ1) is 23.8. The van der Waals surface area contributed by atoms with E-state index in [0.717, 1.165) is 23.4 Å². The van der Waals surface area contributed by atoms with Gasteiger partial charge in [-0.2, -0.15) is 0 Å². The predicted octanol–water partition coefficient (Wildman–Crippen LogP) is 2.50. The number of fused-ring (bicyclic) bond motifs is 1. The van der Waals surface area contributed by atoms with Crippen molar-refractivity contribution in [2.45, 2.75) is 51.2 Å². The van der Waals surface area contributed by atoms with Gasteiger partial charge in [0.25, 0.3) is 5.56 Å². The van der Waals surface area contributed by atoms with Gasteiger partial charge in [0.1, 0.15) is 5.82 Å². The van der Waals surface area contributed by atoms with Crippen LogP contribution in [-0.4, -0.2) is 49.8 Å². The Morgan fingerprint density at radius 1 is 1.22 bits per heavy atom. The number of aromatic amines is 1. The van der Waals surface area contributed by atoms with Crippen LogP contribution in [0.4, 0.5) is 5.69 Å². The van der Waals surface area contributed by atoms with E-state index in [9.17, 15) is 14.4 Å². The average Bonchev–Trinajstić information content (AvgIpc) is 3.12. The molecule has 0 aliphatic rings. The van der Waals surface area contributed by atoms with Crippen LogP contribution in [0, 0.1) is 0 Å². The molecule has 2 N–H and O–H groups in total. The van der Waals surface area contributed by atoms with Crippen LogP contribution in [0.15, 0.2) is 38.8 Å². The van der Waals surface area contributed by atoms with E-state index in [1.54, 1.807) is 11.8 Å². The van der Waals surface area contributed by atoms with Crippen LogP contribution in [0.2, 0.25) is 0 Å². The first-order chi connectivity index (χ1) is 15.4. The van der Waals surface area contributed by atoms with Crippen LogP contribution in [0.3, 0.4) is 0 Å². The molecule has 0 aliphatic carbocycles. The number of anilines is 1. The van der Waals surface area contributed by atoms with E-state index >= 15 is 0 Å². The van der Waals surface area contributed by atoms with E-state index in [0.29, 0.717) is 36.6 Å². The Morgan fingerprint density at radius 3 is 2.66 bits per heavy atom. The summed E-state index contributed by atoms with van der Waals surface area (Å²) in [7, 11) is 1.83. The van der Waals surface area contributed by atoms with Crippen LogP contribution in [0.5, 0.6) is 0 Å². The lowest BCUT2D eigenvalue weighted by Gasteiger charge is -2.17. The van der Waals surface area contributed by atoms with Crippen molar-refractivity contribution >= 4 is 34.5 Å². The van der Waals surface area contributed by atoms with Crippen LogP contribution in [0.1, 0.15) is 32.5 Å². The molecule has 0 spiro atoms. The molecule has 0 aliphatic heterocycles. The molecule has 0 atom stereocenters. The fraction of sp³-hybridized carbons (Fsp3) is 0.455. The zero-order chi connectivity index (χ0) is 23.3. The van der Waals surface area contributed by atoms with Crippen molar-refractivity contribution in [1.82, 2.24) is 24.0 Å². The molecule has 32 heavy (non-hydrogen) atoms. The lowest BCUT2D eigenvalue weighted by Crippen LogP contribution is -2.31. The fourth-order valence-electron chi connectivity index (χ4n) is 3.68. The summed E-state index contributed by atoms with van der Waals surface area (Å²) in [5.74, 6) is 0.509. The van der Waals surface area contributed by atoms with E-state index < -0.39 is 11.2 Å². The maximum absolute atomic E-state index is 12.6. The molecule has 1 aromatic carbocycles. The second kappa shape index (κ2) is 10.6. The number of hydrogen-bond donors (Lipinski definition) is 2. The number of amides is 1. The minimum atomic E-state index is -0.441. The first-order valence-corrected chi connectivity index (χ1v) is 12.0. The largest absolute Gasteiger partial charge is 0.330 e. The summed E-state index contributed by atoms with van der Waals surface area (Å²) in [5.41, 5.74) is 0.697. The molecule has 3 aromatic rings. The molecule has 10 heteroatoms. The Morgan fingerprint density at radius 2 is 1.97 bits per heavy atom. The highest BCUT2D eigenvalue weighted by Gasteiger charge is 2.19. The standard InChI is InChI=1S/C22H30N6O3S/c1-5-7-12-28-20-19(21(30)25-22(28)31)27(6-2)17(24-20)13-26(3)14-18(29)23-15-10-8-9-11-16(15)32-4/h8-11H,5-7,12-14H2,1-4H3,(H,23,29)(H,25,30,31). The third-order valence-corrected chi connectivity index (χ3v) is 6.02. The molecule has 2 heterocycles. The molecule has 0 saturated heterocycles. The third kappa shape index (κ3) is 5.13. The number of hydrogen-bond acceptors (Lipinski definition) is 6. The Labute approximate surface area is 190 Å². The summed E-state index contributed by atoms with van der Waals surface area (Å²) < 4.78 is 3.34. The quantitative estimate of drug-likeness (QED) is 0.452. The second-order valence-electron chi connectivity index (χ2n) is 7.63. The van der Waals surface area contributed by atoms with Gasteiger partial charge in [-0.1, -0.05) is 25.5 Å². The summed E-state index contributed by atoms with van der Waals surface area (Å²) in [6.07, 6.45) is 3.70. The maximum atomic E-state index is 12.6. The second-order valence-corrected chi connectivity index (χ2v) is 8.48. The number of imidazole rings is 1. The molecular formula is C22H30N6O3S. The summed E-state index contributed by atoms with van der Waals surface area (Å²) >= 11 is 1.57. The van der Waals surface area contributed by atoms with Gasteiger partial charge < -0.3 is 9.88 Å². The molecule has 172 valence electrons. The van der Waals surface area contributed by atoms with Crippen LogP contribution in [0.25, 0.3) is 11.2 Å². The summed E-state index contributed by atoms with van der Waals surface area (Å²) in [4.78, 5) is 47.4. The van der Waals surface area contributed by atoms with Crippen molar-refractivity contribution < 1.29 is 4.79 Å². The molecule has 9 nitrogen and oxygen atoms in total. The number of para-hydroxylation sites is 1. The number of aryl methyl sites for hydroxylation is 2. The molecule has 0 radical (unpaired) electrons. The van der Waals surface area contributed by atoms with E-state index in [2.05, 4.69) is 15.3 Å². The monoisotopic (exact) mass is 458 g/mol. The number of rotatable bonds is 10. The smallest absolute Gasteiger partial charge is 0.324 e. The fourth-order valence-corrected chi connectivity index (χ4v) is 4.24. The molecule has 2 aromatic heterocycles. The molecule has 0 fully saturated rings. The first-order valence-electron chi connectivity index (χ1n) is 10.7. The number of carbonyl (C=O) groups is 1. The van der Waals surface area contributed by atoms with Gasteiger partial charge in [0.15, 0.2) is 11.2 Å². The number of carbonyl (C=O) groups excluding carboxylic acids is 1. The topological polar surface area (TPSA) is 105 Å². The number of nitrogens with one attached hydrogen (secondary N) is 2. The van der Waals surface area contributed by atoms with Crippen molar-refractivity contribution in [2.75, 3.05) is 25.2 Å². The van der Waals surface area contributed by atoms with Crippen LogP contribution in [-0.2, 0) is 24.4 Å².